The van der Waals surface area contributed by atoms with Crippen LogP contribution in [0.5, 0.6) is 5.75 Å². The van der Waals surface area contributed by atoms with Crippen molar-refractivity contribution >= 4 is 31.9 Å². The third-order valence-corrected chi connectivity index (χ3v) is 3.44. The number of hydrogen-bond donors (Lipinski definition) is 0. The van der Waals surface area contributed by atoms with Crippen molar-refractivity contribution in [2.45, 2.75) is 11.9 Å². The second-order valence-electron chi connectivity index (χ2n) is 3.70. The van der Waals surface area contributed by atoms with E-state index in [1.807, 2.05) is 30.3 Å². The van der Waals surface area contributed by atoms with E-state index in [0.29, 0.717) is 6.61 Å². The molecule has 0 heterocycles. The lowest BCUT2D eigenvalue weighted by molar-refractivity contribution is 0.306. The van der Waals surface area contributed by atoms with Crippen LogP contribution in [0, 0.1) is 0 Å². The quantitative estimate of drug-likeness (QED) is 0.707. The van der Waals surface area contributed by atoms with Crippen LogP contribution in [0.3, 0.4) is 0 Å². The summed E-state index contributed by atoms with van der Waals surface area (Å²) in [6, 6.07) is 16.3. The molecular weight excluding hydrogens is 344 g/mol. The molecule has 0 bridgehead atoms. The standard InChI is InChI=1S/C14H12Br2O/c15-9-12-6-13(16)8-14(7-12)17-10-11-4-2-1-3-5-11/h1-8H,9-10H2. The number of ether oxygens (including phenoxy) is 1. The molecule has 1 nitrogen and oxygen atoms in total. The van der Waals surface area contributed by atoms with Crippen molar-refractivity contribution < 1.29 is 4.74 Å². The molecule has 0 aromatic heterocycles. The van der Waals surface area contributed by atoms with Gasteiger partial charge in [-0.2, -0.15) is 0 Å². The maximum atomic E-state index is 5.76. The Kier molecular flexibility index (Phi) is 4.63. The van der Waals surface area contributed by atoms with Gasteiger partial charge in [-0.05, 0) is 29.3 Å². The van der Waals surface area contributed by atoms with Crippen molar-refractivity contribution in [1.29, 1.82) is 0 Å². The summed E-state index contributed by atoms with van der Waals surface area (Å²) < 4.78 is 6.80. The van der Waals surface area contributed by atoms with Gasteiger partial charge < -0.3 is 4.74 Å². The van der Waals surface area contributed by atoms with Gasteiger partial charge in [-0.3, -0.25) is 0 Å². The Bertz CT molecular complexity index is 483. The lowest BCUT2D eigenvalue weighted by Gasteiger charge is -2.08. The van der Waals surface area contributed by atoms with Crippen LogP contribution in [0.2, 0.25) is 0 Å². The first-order chi connectivity index (χ1) is 8.28. The molecule has 2 aromatic carbocycles. The van der Waals surface area contributed by atoms with Gasteiger partial charge in [0.1, 0.15) is 12.4 Å². The van der Waals surface area contributed by atoms with Crippen LogP contribution in [-0.4, -0.2) is 0 Å². The van der Waals surface area contributed by atoms with Crippen LogP contribution in [-0.2, 0) is 11.9 Å². The molecular formula is C14H12Br2O. The van der Waals surface area contributed by atoms with E-state index in [4.69, 9.17) is 4.74 Å². The first-order valence-electron chi connectivity index (χ1n) is 5.30. The minimum absolute atomic E-state index is 0.596. The average Bonchev–Trinajstić information content (AvgIpc) is 2.37. The Morgan fingerprint density at radius 1 is 0.941 bits per heavy atom. The predicted molar refractivity (Wildman–Crippen MR) is 77.5 cm³/mol. The summed E-state index contributed by atoms with van der Waals surface area (Å²) in [6.45, 7) is 0.596. The van der Waals surface area contributed by atoms with Gasteiger partial charge in [-0.25, -0.2) is 0 Å². The van der Waals surface area contributed by atoms with Crippen molar-refractivity contribution in [3.8, 4) is 5.75 Å². The third-order valence-electron chi connectivity index (χ3n) is 2.33. The molecule has 0 aliphatic rings. The highest BCUT2D eigenvalue weighted by Crippen LogP contribution is 2.23. The zero-order chi connectivity index (χ0) is 12.1. The van der Waals surface area contributed by atoms with Gasteiger partial charge in [0.15, 0.2) is 0 Å². The third kappa shape index (κ3) is 3.86. The van der Waals surface area contributed by atoms with Crippen LogP contribution in [0.1, 0.15) is 11.1 Å². The van der Waals surface area contributed by atoms with Crippen molar-refractivity contribution in [3.05, 3.63) is 64.1 Å². The Balaban J connectivity index is 2.06. The highest BCUT2D eigenvalue weighted by molar-refractivity contribution is 9.10. The molecule has 88 valence electrons. The number of halogens is 2. The number of rotatable bonds is 4. The fourth-order valence-electron chi connectivity index (χ4n) is 1.52. The van der Waals surface area contributed by atoms with Gasteiger partial charge in [0.2, 0.25) is 0 Å². The Morgan fingerprint density at radius 3 is 2.41 bits per heavy atom. The summed E-state index contributed by atoms with van der Waals surface area (Å²) in [4.78, 5) is 0. The predicted octanol–water partition coefficient (Wildman–Crippen LogP) is 4.92. The molecule has 0 aliphatic heterocycles. The molecule has 2 aromatic rings. The van der Waals surface area contributed by atoms with E-state index in [1.54, 1.807) is 0 Å². The largest absolute Gasteiger partial charge is 0.489 e. The van der Waals surface area contributed by atoms with E-state index < -0.39 is 0 Å². The summed E-state index contributed by atoms with van der Waals surface area (Å²) in [6.07, 6.45) is 0. The molecule has 0 radical (unpaired) electrons. The highest BCUT2D eigenvalue weighted by atomic mass is 79.9. The van der Waals surface area contributed by atoms with Crippen LogP contribution in [0.4, 0.5) is 0 Å². The van der Waals surface area contributed by atoms with Crippen molar-refractivity contribution in [2.24, 2.45) is 0 Å². The van der Waals surface area contributed by atoms with Gasteiger partial charge in [-0.15, -0.1) is 0 Å². The Hall–Kier alpha value is -0.800. The summed E-state index contributed by atoms with van der Waals surface area (Å²) >= 11 is 6.92. The highest BCUT2D eigenvalue weighted by Gasteiger charge is 2.00. The van der Waals surface area contributed by atoms with E-state index in [9.17, 15) is 0 Å². The smallest absolute Gasteiger partial charge is 0.121 e. The molecule has 0 atom stereocenters. The van der Waals surface area contributed by atoms with Gasteiger partial charge in [0.05, 0.1) is 0 Å². The van der Waals surface area contributed by atoms with Crippen molar-refractivity contribution in [2.75, 3.05) is 0 Å². The molecule has 0 aliphatic carbocycles. The van der Waals surface area contributed by atoms with E-state index in [0.717, 1.165) is 15.6 Å². The van der Waals surface area contributed by atoms with Crippen LogP contribution < -0.4 is 4.74 Å². The lowest BCUT2D eigenvalue weighted by atomic mass is 10.2. The average molecular weight is 356 g/mol. The normalized spacial score (nSPS) is 10.2. The molecule has 0 unspecified atom stereocenters. The van der Waals surface area contributed by atoms with Crippen molar-refractivity contribution in [1.82, 2.24) is 0 Å². The second-order valence-corrected chi connectivity index (χ2v) is 5.18. The van der Waals surface area contributed by atoms with Gasteiger partial charge in [-0.1, -0.05) is 62.2 Å². The summed E-state index contributed by atoms with van der Waals surface area (Å²) in [5.74, 6) is 0.887. The first kappa shape index (κ1) is 12.7. The number of benzene rings is 2. The molecule has 17 heavy (non-hydrogen) atoms. The van der Waals surface area contributed by atoms with E-state index in [2.05, 4.69) is 50.1 Å². The molecule has 0 spiro atoms. The summed E-state index contributed by atoms with van der Waals surface area (Å²) in [5.41, 5.74) is 2.37. The summed E-state index contributed by atoms with van der Waals surface area (Å²) in [7, 11) is 0. The number of hydrogen-bond acceptors (Lipinski definition) is 1. The van der Waals surface area contributed by atoms with E-state index in [1.165, 1.54) is 11.1 Å². The van der Waals surface area contributed by atoms with Crippen molar-refractivity contribution in [3.63, 3.8) is 0 Å². The Morgan fingerprint density at radius 2 is 1.71 bits per heavy atom. The maximum Gasteiger partial charge on any atom is 0.121 e. The fourth-order valence-corrected chi connectivity index (χ4v) is 2.37. The van der Waals surface area contributed by atoms with Crippen LogP contribution >= 0.6 is 31.9 Å². The number of alkyl halides is 1. The SMILES string of the molecule is BrCc1cc(Br)cc(OCc2ccccc2)c1. The lowest BCUT2D eigenvalue weighted by Crippen LogP contribution is -1.95. The minimum atomic E-state index is 0.596. The fraction of sp³-hybridized carbons (Fsp3) is 0.143. The second kappa shape index (κ2) is 6.22. The van der Waals surface area contributed by atoms with Crippen LogP contribution in [0.15, 0.2) is 53.0 Å². The Labute approximate surface area is 118 Å². The molecule has 0 saturated heterocycles. The van der Waals surface area contributed by atoms with E-state index >= 15 is 0 Å². The maximum absolute atomic E-state index is 5.76. The molecule has 3 heteroatoms. The van der Waals surface area contributed by atoms with E-state index in [-0.39, 0.29) is 0 Å². The van der Waals surface area contributed by atoms with Gasteiger partial charge in [0, 0.05) is 9.80 Å². The molecule has 0 N–H and O–H groups in total. The topological polar surface area (TPSA) is 9.23 Å². The zero-order valence-corrected chi connectivity index (χ0v) is 12.4. The summed E-state index contributed by atoms with van der Waals surface area (Å²) in [5, 5.41) is 0.828. The monoisotopic (exact) mass is 354 g/mol. The molecule has 2 rings (SSSR count). The minimum Gasteiger partial charge on any atom is -0.489 e. The molecule has 0 fully saturated rings. The molecule has 0 amide bonds. The first-order valence-corrected chi connectivity index (χ1v) is 7.21. The van der Waals surface area contributed by atoms with Crippen LogP contribution in [0.25, 0.3) is 0 Å². The zero-order valence-electron chi connectivity index (χ0n) is 9.20. The van der Waals surface area contributed by atoms with Gasteiger partial charge in [0.25, 0.3) is 0 Å². The molecule has 0 saturated carbocycles. The van der Waals surface area contributed by atoms with Gasteiger partial charge >= 0.3 is 0 Å².